The van der Waals surface area contributed by atoms with E-state index in [-0.39, 0.29) is 5.54 Å². The van der Waals surface area contributed by atoms with Crippen LogP contribution in [-0.4, -0.2) is 5.54 Å². The number of furan rings is 1. The van der Waals surface area contributed by atoms with E-state index in [0.29, 0.717) is 0 Å². The lowest BCUT2D eigenvalue weighted by Crippen LogP contribution is -2.40. The van der Waals surface area contributed by atoms with Crippen LogP contribution in [0.2, 0.25) is 0 Å². The van der Waals surface area contributed by atoms with Gasteiger partial charge in [-0.2, -0.15) is 0 Å². The molecule has 0 atom stereocenters. The summed E-state index contributed by atoms with van der Waals surface area (Å²) in [7, 11) is 0. The van der Waals surface area contributed by atoms with Crippen molar-refractivity contribution >= 4 is 22.6 Å². The average molecular weight is 305 g/mol. The third-order valence-corrected chi connectivity index (χ3v) is 3.52. The van der Waals surface area contributed by atoms with Crippen LogP contribution in [0.15, 0.2) is 16.5 Å². The van der Waals surface area contributed by atoms with Crippen LogP contribution in [0.3, 0.4) is 0 Å². The number of halogens is 1. The fourth-order valence-electron chi connectivity index (χ4n) is 1.71. The first-order valence-electron chi connectivity index (χ1n) is 5.07. The fraction of sp³-hybridized carbons (Fsp3) is 0.636. The van der Waals surface area contributed by atoms with Crippen LogP contribution in [0.4, 0.5) is 0 Å². The highest BCUT2D eigenvalue weighted by atomic mass is 127. The molecule has 2 nitrogen and oxygen atoms in total. The molecule has 0 aromatic carbocycles. The summed E-state index contributed by atoms with van der Waals surface area (Å²) in [6.45, 7) is 5.39. The summed E-state index contributed by atoms with van der Waals surface area (Å²) in [5, 5.41) is 3.55. The normalized spacial score (nSPS) is 17.4. The smallest absolute Gasteiger partial charge is 0.164 e. The minimum absolute atomic E-state index is 0.262. The van der Waals surface area contributed by atoms with Gasteiger partial charge in [-0.05, 0) is 67.3 Å². The zero-order chi connectivity index (χ0) is 10.2. The van der Waals surface area contributed by atoms with Crippen molar-refractivity contribution in [3.8, 4) is 0 Å². The Balaban J connectivity index is 1.87. The maximum atomic E-state index is 5.50. The average Bonchev–Trinajstić information content (AvgIpc) is 2.89. The third kappa shape index (κ3) is 2.51. The molecule has 1 saturated carbocycles. The fourth-order valence-corrected chi connectivity index (χ4v) is 2.17. The highest BCUT2D eigenvalue weighted by molar-refractivity contribution is 14.1. The Morgan fingerprint density at radius 3 is 2.71 bits per heavy atom. The Hall–Kier alpha value is -0.0300. The molecule has 1 N–H and O–H groups in total. The van der Waals surface area contributed by atoms with Gasteiger partial charge < -0.3 is 9.73 Å². The van der Waals surface area contributed by atoms with Crippen molar-refractivity contribution in [1.29, 1.82) is 0 Å². The van der Waals surface area contributed by atoms with Gasteiger partial charge in [0.2, 0.25) is 0 Å². The van der Waals surface area contributed by atoms with Crippen LogP contribution in [0.25, 0.3) is 0 Å². The first-order valence-corrected chi connectivity index (χ1v) is 6.15. The van der Waals surface area contributed by atoms with E-state index in [0.717, 1.165) is 22.0 Å². The van der Waals surface area contributed by atoms with Gasteiger partial charge in [-0.1, -0.05) is 0 Å². The summed E-state index contributed by atoms with van der Waals surface area (Å²) >= 11 is 2.19. The van der Waals surface area contributed by atoms with E-state index in [1.165, 1.54) is 12.8 Å². The van der Waals surface area contributed by atoms with Crippen molar-refractivity contribution in [1.82, 2.24) is 5.32 Å². The molecule has 0 radical (unpaired) electrons. The van der Waals surface area contributed by atoms with Crippen LogP contribution in [0, 0.1) is 9.68 Å². The van der Waals surface area contributed by atoms with E-state index in [2.05, 4.69) is 41.8 Å². The van der Waals surface area contributed by atoms with Crippen molar-refractivity contribution < 1.29 is 4.42 Å². The number of hydrogen-bond acceptors (Lipinski definition) is 2. The molecular weight excluding hydrogens is 289 g/mol. The largest absolute Gasteiger partial charge is 0.454 e. The van der Waals surface area contributed by atoms with Gasteiger partial charge in [0, 0.05) is 5.54 Å². The Labute approximate surface area is 98.6 Å². The Kier molecular flexibility index (Phi) is 2.88. The van der Waals surface area contributed by atoms with Crippen LogP contribution in [0.1, 0.15) is 32.4 Å². The third-order valence-electron chi connectivity index (χ3n) is 2.95. The lowest BCUT2D eigenvalue weighted by Gasteiger charge is -2.25. The van der Waals surface area contributed by atoms with Crippen LogP contribution < -0.4 is 5.32 Å². The van der Waals surface area contributed by atoms with Gasteiger partial charge in [-0.15, -0.1) is 0 Å². The van der Waals surface area contributed by atoms with E-state index in [1.807, 2.05) is 12.1 Å². The van der Waals surface area contributed by atoms with E-state index in [9.17, 15) is 0 Å². The lowest BCUT2D eigenvalue weighted by atomic mass is 9.99. The number of nitrogens with one attached hydrogen (secondary N) is 1. The molecule has 14 heavy (non-hydrogen) atoms. The molecule has 0 bridgehead atoms. The molecule has 0 saturated heterocycles. The summed E-state index contributed by atoms with van der Waals surface area (Å²) in [5.41, 5.74) is 0.262. The summed E-state index contributed by atoms with van der Waals surface area (Å²) < 4.78 is 6.46. The second kappa shape index (κ2) is 3.85. The molecule has 0 aliphatic heterocycles. The van der Waals surface area contributed by atoms with Gasteiger partial charge in [0.05, 0.1) is 6.54 Å². The molecule has 0 amide bonds. The summed E-state index contributed by atoms with van der Waals surface area (Å²) in [6.07, 6.45) is 2.74. The van der Waals surface area contributed by atoms with Crippen molar-refractivity contribution in [3.63, 3.8) is 0 Å². The predicted octanol–water partition coefficient (Wildman–Crippen LogP) is 3.16. The molecule has 1 fully saturated rings. The minimum Gasteiger partial charge on any atom is -0.454 e. The zero-order valence-corrected chi connectivity index (χ0v) is 10.8. The van der Waals surface area contributed by atoms with Crippen LogP contribution >= 0.6 is 22.6 Å². The minimum atomic E-state index is 0.262. The molecule has 2 rings (SSSR count). The van der Waals surface area contributed by atoms with E-state index in [1.54, 1.807) is 0 Å². The SMILES string of the molecule is CC(C)(NCc1ccc(I)o1)C1CC1. The van der Waals surface area contributed by atoms with Gasteiger partial charge in [0.1, 0.15) is 5.76 Å². The van der Waals surface area contributed by atoms with Gasteiger partial charge in [0.15, 0.2) is 3.77 Å². The van der Waals surface area contributed by atoms with E-state index in [4.69, 9.17) is 4.42 Å². The topological polar surface area (TPSA) is 25.2 Å². The zero-order valence-electron chi connectivity index (χ0n) is 8.64. The van der Waals surface area contributed by atoms with Crippen molar-refractivity contribution in [2.75, 3.05) is 0 Å². The molecule has 78 valence electrons. The molecule has 1 aliphatic carbocycles. The molecule has 1 aliphatic rings. The summed E-state index contributed by atoms with van der Waals surface area (Å²) in [6, 6.07) is 4.04. The molecule has 1 aromatic rings. The molecular formula is C11H16INO. The predicted molar refractivity (Wildman–Crippen MR) is 65.1 cm³/mol. The van der Waals surface area contributed by atoms with Crippen molar-refractivity contribution in [2.24, 2.45) is 5.92 Å². The summed E-state index contributed by atoms with van der Waals surface area (Å²) in [5.74, 6) is 1.89. The van der Waals surface area contributed by atoms with Gasteiger partial charge in [-0.25, -0.2) is 0 Å². The highest BCUT2D eigenvalue weighted by Crippen LogP contribution is 2.39. The van der Waals surface area contributed by atoms with Crippen molar-refractivity contribution in [2.45, 2.75) is 38.8 Å². The maximum absolute atomic E-state index is 5.50. The number of hydrogen-bond donors (Lipinski definition) is 1. The molecule has 0 unspecified atom stereocenters. The standard InChI is InChI=1S/C11H16INO/c1-11(2,8-3-4-8)13-7-9-5-6-10(12)14-9/h5-6,8,13H,3-4,7H2,1-2H3. The Morgan fingerprint density at radius 2 is 2.21 bits per heavy atom. The lowest BCUT2D eigenvalue weighted by molar-refractivity contribution is 0.320. The molecule has 3 heteroatoms. The maximum Gasteiger partial charge on any atom is 0.164 e. The molecule has 1 heterocycles. The Bertz CT molecular complexity index is 315. The van der Waals surface area contributed by atoms with Crippen molar-refractivity contribution in [3.05, 3.63) is 21.7 Å². The quantitative estimate of drug-likeness (QED) is 0.865. The highest BCUT2D eigenvalue weighted by Gasteiger charge is 2.37. The van der Waals surface area contributed by atoms with Gasteiger partial charge in [-0.3, -0.25) is 0 Å². The monoisotopic (exact) mass is 305 g/mol. The van der Waals surface area contributed by atoms with E-state index < -0.39 is 0 Å². The molecule has 0 spiro atoms. The van der Waals surface area contributed by atoms with E-state index >= 15 is 0 Å². The van der Waals surface area contributed by atoms with Gasteiger partial charge in [0.25, 0.3) is 0 Å². The second-order valence-electron chi connectivity index (χ2n) is 4.56. The number of rotatable bonds is 4. The van der Waals surface area contributed by atoms with Crippen LogP contribution in [0.5, 0.6) is 0 Å². The first kappa shape index (κ1) is 10.5. The summed E-state index contributed by atoms with van der Waals surface area (Å²) in [4.78, 5) is 0. The first-order chi connectivity index (χ1) is 6.58. The van der Waals surface area contributed by atoms with Crippen LogP contribution in [-0.2, 0) is 6.54 Å². The second-order valence-corrected chi connectivity index (χ2v) is 5.62. The Morgan fingerprint density at radius 1 is 1.50 bits per heavy atom. The van der Waals surface area contributed by atoms with Gasteiger partial charge >= 0.3 is 0 Å². The molecule has 1 aromatic heterocycles.